The zero-order valence-electron chi connectivity index (χ0n) is 13.9. The van der Waals surface area contributed by atoms with E-state index in [0.29, 0.717) is 13.1 Å². The fourth-order valence-corrected chi connectivity index (χ4v) is 3.81. The van der Waals surface area contributed by atoms with Gasteiger partial charge in [0.05, 0.1) is 5.92 Å². The molecule has 2 amide bonds. The smallest absolute Gasteiger partial charge is 0.260 e. The van der Waals surface area contributed by atoms with Crippen molar-refractivity contribution in [1.29, 1.82) is 0 Å². The molecule has 1 N–H and O–H groups in total. The number of fused-ring (bicyclic) bond motifs is 1. The van der Waals surface area contributed by atoms with Gasteiger partial charge in [-0.1, -0.05) is 36.4 Å². The lowest BCUT2D eigenvalue weighted by molar-refractivity contribution is -0.132. The standard InChI is InChI=1S/C20H20N2O3/c23-19-18(16-8-4-5-9-17(16)25-21-19)14-10-12-22(13-11-14)20(24)15-6-2-1-3-7-15/h1-9,14,18H,10-13H2,(H,21,23). The van der Waals surface area contributed by atoms with E-state index in [4.69, 9.17) is 4.84 Å². The van der Waals surface area contributed by atoms with Crippen LogP contribution in [0, 0.1) is 5.92 Å². The lowest BCUT2D eigenvalue weighted by atomic mass is 9.78. The maximum absolute atomic E-state index is 12.6. The normalized spacial score (nSPS) is 20.4. The molecular weight excluding hydrogens is 316 g/mol. The zero-order valence-corrected chi connectivity index (χ0v) is 13.9. The highest BCUT2D eigenvalue weighted by molar-refractivity contribution is 5.94. The Balaban J connectivity index is 1.47. The van der Waals surface area contributed by atoms with Crippen molar-refractivity contribution in [3.63, 3.8) is 0 Å². The van der Waals surface area contributed by atoms with Crippen LogP contribution in [0.1, 0.15) is 34.7 Å². The van der Waals surface area contributed by atoms with Gasteiger partial charge in [0.2, 0.25) is 0 Å². The Morgan fingerprint density at radius 1 is 1.00 bits per heavy atom. The summed E-state index contributed by atoms with van der Waals surface area (Å²) in [6, 6.07) is 17.0. The average Bonchev–Trinajstić information content (AvgIpc) is 2.68. The summed E-state index contributed by atoms with van der Waals surface area (Å²) in [5, 5.41) is 0. The molecular formula is C20H20N2O3. The van der Waals surface area contributed by atoms with Gasteiger partial charge in [-0.3, -0.25) is 9.59 Å². The van der Waals surface area contributed by atoms with Crippen LogP contribution < -0.4 is 10.3 Å². The van der Waals surface area contributed by atoms with E-state index in [1.165, 1.54) is 0 Å². The molecule has 2 aromatic carbocycles. The molecule has 0 aliphatic carbocycles. The van der Waals surface area contributed by atoms with Crippen molar-refractivity contribution < 1.29 is 14.4 Å². The molecule has 0 bridgehead atoms. The number of nitrogens with zero attached hydrogens (tertiary/aromatic N) is 1. The van der Waals surface area contributed by atoms with Gasteiger partial charge >= 0.3 is 0 Å². The third-order valence-corrected chi connectivity index (χ3v) is 5.12. The van der Waals surface area contributed by atoms with E-state index < -0.39 is 0 Å². The van der Waals surface area contributed by atoms with Crippen molar-refractivity contribution in [3.8, 4) is 5.75 Å². The van der Waals surface area contributed by atoms with Gasteiger partial charge in [0.15, 0.2) is 5.75 Å². The molecule has 1 saturated heterocycles. The Morgan fingerprint density at radius 3 is 2.44 bits per heavy atom. The summed E-state index contributed by atoms with van der Waals surface area (Å²) in [5.41, 5.74) is 4.19. The highest BCUT2D eigenvalue weighted by Crippen LogP contribution is 2.39. The van der Waals surface area contributed by atoms with Gasteiger partial charge in [0, 0.05) is 24.2 Å². The highest BCUT2D eigenvalue weighted by Gasteiger charge is 2.38. The Hall–Kier alpha value is -2.82. The Kier molecular flexibility index (Phi) is 4.14. The first-order valence-electron chi connectivity index (χ1n) is 8.64. The van der Waals surface area contributed by atoms with E-state index in [2.05, 4.69) is 5.48 Å². The van der Waals surface area contributed by atoms with Crippen LogP contribution in [0.5, 0.6) is 5.75 Å². The Bertz CT molecular complexity index is 783. The molecule has 128 valence electrons. The van der Waals surface area contributed by atoms with Gasteiger partial charge in [-0.15, -0.1) is 0 Å². The van der Waals surface area contributed by atoms with Crippen molar-refractivity contribution in [3.05, 3.63) is 65.7 Å². The van der Waals surface area contributed by atoms with E-state index in [-0.39, 0.29) is 23.7 Å². The number of para-hydroxylation sites is 1. The van der Waals surface area contributed by atoms with E-state index in [1.807, 2.05) is 59.5 Å². The number of carbonyl (C=O) groups is 2. The monoisotopic (exact) mass is 336 g/mol. The van der Waals surface area contributed by atoms with Crippen LogP contribution in [-0.4, -0.2) is 29.8 Å². The van der Waals surface area contributed by atoms with E-state index in [0.717, 1.165) is 29.7 Å². The van der Waals surface area contributed by atoms with E-state index >= 15 is 0 Å². The summed E-state index contributed by atoms with van der Waals surface area (Å²) >= 11 is 0. The molecule has 2 heterocycles. The molecule has 0 aromatic heterocycles. The molecule has 0 radical (unpaired) electrons. The summed E-state index contributed by atoms with van der Waals surface area (Å²) in [6.07, 6.45) is 1.62. The zero-order chi connectivity index (χ0) is 17.2. The van der Waals surface area contributed by atoms with Crippen molar-refractivity contribution >= 4 is 11.8 Å². The number of piperidine rings is 1. The lowest BCUT2D eigenvalue weighted by Crippen LogP contribution is -2.45. The van der Waals surface area contributed by atoms with Gasteiger partial charge in [-0.25, -0.2) is 0 Å². The summed E-state index contributed by atoms with van der Waals surface area (Å²) < 4.78 is 0. The molecule has 2 aliphatic heterocycles. The predicted octanol–water partition coefficient (Wildman–Crippen LogP) is 2.75. The van der Waals surface area contributed by atoms with Gasteiger partial charge in [0.1, 0.15) is 0 Å². The minimum atomic E-state index is -0.209. The maximum Gasteiger partial charge on any atom is 0.260 e. The molecule has 1 fully saturated rings. The van der Waals surface area contributed by atoms with Gasteiger partial charge in [-0.2, -0.15) is 5.48 Å². The minimum absolute atomic E-state index is 0.0656. The molecule has 1 unspecified atom stereocenters. The molecule has 2 aromatic rings. The summed E-state index contributed by atoms with van der Waals surface area (Å²) in [4.78, 5) is 32.1. The van der Waals surface area contributed by atoms with Crippen LogP contribution in [-0.2, 0) is 4.79 Å². The quantitative estimate of drug-likeness (QED) is 0.917. The van der Waals surface area contributed by atoms with E-state index in [1.54, 1.807) is 0 Å². The van der Waals surface area contributed by atoms with E-state index in [9.17, 15) is 9.59 Å². The molecule has 4 rings (SSSR count). The Morgan fingerprint density at radius 2 is 1.68 bits per heavy atom. The topological polar surface area (TPSA) is 58.6 Å². The SMILES string of the molecule is O=C1NOc2ccccc2C1C1CCN(C(=O)c2ccccc2)CC1. The van der Waals surface area contributed by atoms with Crippen LogP contribution in [0.15, 0.2) is 54.6 Å². The second kappa shape index (κ2) is 6.59. The lowest BCUT2D eigenvalue weighted by Gasteiger charge is -2.37. The van der Waals surface area contributed by atoms with Gasteiger partial charge in [-0.05, 0) is 37.0 Å². The van der Waals surface area contributed by atoms with Gasteiger partial charge < -0.3 is 9.74 Å². The third-order valence-electron chi connectivity index (χ3n) is 5.12. The Labute approximate surface area is 146 Å². The number of hydrogen-bond donors (Lipinski definition) is 1. The van der Waals surface area contributed by atoms with Crippen molar-refractivity contribution in [2.24, 2.45) is 5.92 Å². The molecule has 1 atom stereocenters. The molecule has 5 nitrogen and oxygen atoms in total. The number of rotatable bonds is 2. The predicted molar refractivity (Wildman–Crippen MR) is 93.0 cm³/mol. The second-order valence-corrected chi connectivity index (χ2v) is 6.58. The van der Waals surface area contributed by atoms with Crippen LogP contribution in [0.4, 0.5) is 0 Å². The molecule has 5 heteroatoms. The van der Waals surface area contributed by atoms with Crippen molar-refractivity contribution in [1.82, 2.24) is 10.4 Å². The number of likely N-dealkylation sites (tertiary alicyclic amines) is 1. The first kappa shape index (κ1) is 15.7. The van der Waals surface area contributed by atoms with Crippen LogP contribution in [0.25, 0.3) is 0 Å². The molecule has 0 saturated carbocycles. The summed E-state index contributed by atoms with van der Waals surface area (Å²) in [5.74, 6) is 0.695. The summed E-state index contributed by atoms with van der Waals surface area (Å²) in [7, 11) is 0. The number of amides is 2. The number of nitrogens with one attached hydrogen (secondary N) is 1. The number of benzene rings is 2. The second-order valence-electron chi connectivity index (χ2n) is 6.58. The van der Waals surface area contributed by atoms with Gasteiger partial charge in [0.25, 0.3) is 11.8 Å². The average molecular weight is 336 g/mol. The molecule has 0 spiro atoms. The first-order valence-corrected chi connectivity index (χ1v) is 8.64. The molecule has 2 aliphatic rings. The van der Waals surface area contributed by atoms with Crippen molar-refractivity contribution in [2.45, 2.75) is 18.8 Å². The number of carbonyl (C=O) groups excluding carboxylic acids is 2. The minimum Gasteiger partial charge on any atom is -0.379 e. The fraction of sp³-hybridized carbons (Fsp3) is 0.300. The van der Waals surface area contributed by atoms with Crippen LogP contribution >= 0.6 is 0 Å². The maximum atomic E-state index is 12.6. The molecule has 25 heavy (non-hydrogen) atoms. The first-order chi connectivity index (χ1) is 12.2. The number of hydrogen-bond acceptors (Lipinski definition) is 3. The summed E-state index contributed by atoms with van der Waals surface area (Å²) in [6.45, 7) is 1.34. The largest absolute Gasteiger partial charge is 0.379 e. The van der Waals surface area contributed by atoms with Crippen molar-refractivity contribution in [2.75, 3.05) is 13.1 Å². The highest BCUT2D eigenvalue weighted by atomic mass is 16.7. The fourth-order valence-electron chi connectivity index (χ4n) is 3.81. The van der Waals surface area contributed by atoms with Crippen LogP contribution in [0.2, 0.25) is 0 Å². The number of hydroxylamine groups is 1. The van der Waals surface area contributed by atoms with Crippen LogP contribution in [0.3, 0.4) is 0 Å². The third kappa shape index (κ3) is 2.97.